The first-order valence-electron chi connectivity index (χ1n) is 6.28. The highest BCUT2D eigenvalue weighted by molar-refractivity contribution is 7.89. The summed E-state index contributed by atoms with van der Waals surface area (Å²) < 4.78 is 25.3. The van der Waals surface area contributed by atoms with Crippen LogP contribution in [-0.2, 0) is 10.0 Å². The molecule has 0 saturated carbocycles. The molecule has 1 aromatic heterocycles. The molecule has 1 heterocycles. The number of benzene rings is 1. The van der Waals surface area contributed by atoms with E-state index in [9.17, 15) is 13.2 Å². The standard InChI is InChI=1S/C13H17N3O3S2/c1-16(2)21(18,19)8-7-15-13(17)12-11(14)9-5-3-4-6-10(9)20-12/h3-6H,7-8,14H2,1-2H3,(H,15,17). The SMILES string of the molecule is CN(C)S(=O)(=O)CCNC(=O)c1sc2ccccc2c1N. The lowest BCUT2D eigenvalue weighted by molar-refractivity contribution is 0.0961. The Morgan fingerprint density at radius 1 is 1.33 bits per heavy atom. The van der Waals surface area contributed by atoms with Gasteiger partial charge in [-0.05, 0) is 6.07 Å². The van der Waals surface area contributed by atoms with Crippen LogP contribution in [0.15, 0.2) is 24.3 Å². The second kappa shape index (κ2) is 6.00. The lowest BCUT2D eigenvalue weighted by atomic mass is 10.2. The van der Waals surface area contributed by atoms with Crippen LogP contribution in [0.3, 0.4) is 0 Å². The van der Waals surface area contributed by atoms with Gasteiger partial charge in [-0.1, -0.05) is 18.2 Å². The van der Waals surface area contributed by atoms with Crippen molar-refractivity contribution in [3.8, 4) is 0 Å². The summed E-state index contributed by atoms with van der Waals surface area (Å²) in [5.74, 6) is -0.487. The van der Waals surface area contributed by atoms with Crippen molar-refractivity contribution >= 4 is 43.0 Å². The van der Waals surface area contributed by atoms with Crippen molar-refractivity contribution in [1.29, 1.82) is 0 Å². The number of hydrogen-bond acceptors (Lipinski definition) is 5. The van der Waals surface area contributed by atoms with Crippen LogP contribution >= 0.6 is 11.3 Å². The minimum Gasteiger partial charge on any atom is -0.397 e. The van der Waals surface area contributed by atoms with Crippen molar-refractivity contribution in [1.82, 2.24) is 9.62 Å². The van der Waals surface area contributed by atoms with E-state index in [1.54, 1.807) is 0 Å². The third-order valence-corrected chi connectivity index (χ3v) is 6.06. The van der Waals surface area contributed by atoms with Crippen molar-refractivity contribution in [2.24, 2.45) is 0 Å². The molecule has 0 saturated heterocycles. The lowest BCUT2D eigenvalue weighted by Gasteiger charge is -2.11. The van der Waals surface area contributed by atoms with Crippen LogP contribution in [0.4, 0.5) is 5.69 Å². The molecule has 2 aromatic rings. The van der Waals surface area contributed by atoms with Gasteiger partial charge in [0.2, 0.25) is 10.0 Å². The zero-order valence-electron chi connectivity index (χ0n) is 11.8. The van der Waals surface area contributed by atoms with Gasteiger partial charge in [0, 0.05) is 30.7 Å². The Kier molecular flexibility index (Phi) is 4.50. The van der Waals surface area contributed by atoms with Crippen LogP contribution in [0.5, 0.6) is 0 Å². The van der Waals surface area contributed by atoms with Crippen LogP contribution in [-0.4, -0.2) is 45.0 Å². The van der Waals surface area contributed by atoms with Gasteiger partial charge >= 0.3 is 0 Å². The highest BCUT2D eigenvalue weighted by Crippen LogP contribution is 2.33. The van der Waals surface area contributed by atoms with Gasteiger partial charge < -0.3 is 11.1 Å². The van der Waals surface area contributed by atoms with Gasteiger partial charge in [0.05, 0.1) is 11.4 Å². The Morgan fingerprint density at radius 2 is 2.00 bits per heavy atom. The number of rotatable bonds is 5. The number of carbonyl (C=O) groups excluding carboxylic acids is 1. The molecule has 8 heteroatoms. The molecular formula is C13H17N3O3S2. The monoisotopic (exact) mass is 327 g/mol. The Balaban J connectivity index is 2.08. The molecule has 2 rings (SSSR count). The molecule has 3 N–H and O–H groups in total. The topological polar surface area (TPSA) is 92.5 Å². The molecule has 21 heavy (non-hydrogen) atoms. The van der Waals surface area contributed by atoms with E-state index in [2.05, 4.69) is 5.32 Å². The zero-order valence-corrected chi connectivity index (χ0v) is 13.4. The minimum absolute atomic E-state index is 0.0486. The van der Waals surface area contributed by atoms with E-state index in [0.717, 1.165) is 14.4 Å². The summed E-state index contributed by atoms with van der Waals surface area (Å²) in [6.07, 6.45) is 0. The van der Waals surface area contributed by atoms with Gasteiger partial charge in [0.1, 0.15) is 4.88 Å². The molecule has 0 spiro atoms. The fourth-order valence-electron chi connectivity index (χ4n) is 1.79. The van der Waals surface area contributed by atoms with Crippen molar-refractivity contribution < 1.29 is 13.2 Å². The normalized spacial score (nSPS) is 12.0. The molecule has 0 radical (unpaired) electrons. The minimum atomic E-state index is -3.32. The second-order valence-electron chi connectivity index (χ2n) is 4.70. The van der Waals surface area contributed by atoms with E-state index in [4.69, 9.17) is 5.73 Å². The molecule has 0 aliphatic carbocycles. The van der Waals surface area contributed by atoms with Crippen molar-refractivity contribution in [3.63, 3.8) is 0 Å². The third-order valence-electron chi connectivity index (χ3n) is 3.04. The number of nitrogens with zero attached hydrogens (tertiary/aromatic N) is 1. The highest BCUT2D eigenvalue weighted by atomic mass is 32.2. The predicted molar refractivity (Wildman–Crippen MR) is 86.0 cm³/mol. The molecule has 0 unspecified atom stereocenters. The molecule has 0 aliphatic rings. The van der Waals surface area contributed by atoms with E-state index in [0.29, 0.717) is 10.6 Å². The van der Waals surface area contributed by atoms with Crippen LogP contribution in [0.2, 0.25) is 0 Å². The Labute approximate surface area is 127 Å². The summed E-state index contributed by atoms with van der Waals surface area (Å²) in [5, 5.41) is 3.44. The molecule has 0 aliphatic heterocycles. The van der Waals surface area contributed by atoms with Gasteiger partial charge in [-0.25, -0.2) is 12.7 Å². The quantitative estimate of drug-likeness (QED) is 0.860. The first-order chi connectivity index (χ1) is 9.83. The number of nitrogen functional groups attached to an aromatic ring is 1. The number of sulfonamides is 1. The zero-order chi connectivity index (χ0) is 15.6. The van der Waals surface area contributed by atoms with E-state index >= 15 is 0 Å². The number of amides is 1. The number of nitrogens with one attached hydrogen (secondary N) is 1. The van der Waals surface area contributed by atoms with E-state index in [1.165, 1.54) is 25.4 Å². The molecular weight excluding hydrogens is 310 g/mol. The summed E-state index contributed by atoms with van der Waals surface area (Å²) in [6.45, 7) is 0.0486. The maximum absolute atomic E-state index is 12.1. The fraction of sp³-hybridized carbons (Fsp3) is 0.308. The molecule has 0 atom stereocenters. The fourth-order valence-corrected chi connectivity index (χ4v) is 3.55. The van der Waals surface area contributed by atoms with E-state index in [1.807, 2.05) is 24.3 Å². The van der Waals surface area contributed by atoms with Crippen molar-refractivity contribution in [2.45, 2.75) is 0 Å². The van der Waals surface area contributed by atoms with Gasteiger partial charge in [-0.3, -0.25) is 4.79 Å². The Morgan fingerprint density at radius 3 is 2.62 bits per heavy atom. The van der Waals surface area contributed by atoms with Gasteiger partial charge in [0.25, 0.3) is 5.91 Å². The summed E-state index contributed by atoms with van der Waals surface area (Å²) in [5.41, 5.74) is 6.40. The summed E-state index contributed by atoms with van der Waals surface area (Å²) in [6, 6.07) is 7.48. The first kappa shape index (κ1) is 15.7. The lowest BCUT2D eigenvalue weighted by Crippen LogP contribution is -2.33. The van der Waals surface area contributed by atoms with Gasteiger partial charge in [-0.15, -0.1) is 11.3 Å². The smallest absolute Gasteiger partial charge is 0.263 e. The van der Waals surface area contributed by atoms with Crippen molar-refractivity contribution in [2.75, 3.05) is 32.1 Å². The number of anilines is 1. The number of hydrogen-bond donors (Lipinski definition) is 2. The number of nitrogens with two attached hydrogens (primary N) is 1. The maximum atomic E-state index is 12.1. The second-order valence-corrected chi connectivity index (χ2v) is 8.05. The van der Waals surface area contributed by atoms with Crippen LogP contribution in [0.1, 0.15) is 9.67 Å². The molecule has 0 fully saturated rings. The molecule has 114 valence electrons. The number of thiophene rings is 1. The maximum Gasteiger partial charge on any atom is 0.263 e. The van der Waals surface area contributed by atoms with E-state index < -0.39 is 10.0 Å². The Bertz CT molecular complexity index is 766. The first-order valence-corrected chi connectivity index (χ1v) is 8.71. The summed E-state index contributed by atoms with van der Waals surface area (Å²) in [7, 11) is -0.401. The van der Waals surface area contributed by atoms with Crippen LogP contribution < -0.4 is 11.1 Å². The largest absolute Gasteiger partial charge is 0.397 e. The molecule has 1 aromatic carbocycles. The average molecular weight is 327 g/mol. The molecule has 0 bridgehead atoms. The van der Waals surface area contributed by atoms with Crippen molar-refractivity contribution in [3.05, 3.63) is 29.1 Å². The van der Waals surface area contributed by atoms with E-state index in [-0.39, 0.29) is 18.2 Å². The van der Waals surface area contributed by atoms with Gasteiger partial charge in [-0.2, -0.15) is 0 Å². The molecule has 1 amide bonds. The summed E-state index contributed by atoms with van der Waals surface area (Å²) in [4.78, 5) is 12.5. The highest BCUT2D eigenvalue weighted by Gasteiger charge is 2.18. The van der Waals surface area contributed by atoms with Crippen LogP contribution in [0, 0.1) is 0 Å². The average Bonchev–Trinajstić information content (AvgIpc) is 2.76. The number of fused-ring (bicyclic) bond motifs is 1. The van der Waals surface area contributed by atoms with Crippen LogP contribution in [0.25, 0.3) is 10.1 Å². The predicted octanol–water partition coefficient (Wildman–Crippen LogP) is 1.10. The summed E-state index contributed by atoms with van der Waals surface area (Å²) >= 11 is 1.30. The molecule has 6 nitrogen and oxygen atoms in total. The third kappa shape index (κ3) is 3.34. The van der Waals surface area contributed by atoms with Gasteiger partial charge in [0.15, 0.2) is 0 Å². The Hall–Kier alpha value is -1.64. The number of carbonyl (C=O) groups is 1.